The summed E-state index contributed by atoms with van der Waals surface area (Å²) in [7, 11) is 1.80. The summed E-state index contributed by atoms with van der Waals surface area (Å²) < 4.78 is 11.3. The maximum absolute atomic E-state index is 5.79. The van der Waals surface area contributed by atoms with Crippen LogP contribution >= 0.6 is 24.0 Å². The van der Waals surface area contributed by atoms with Crippen LogP contribution in [0.25, 0.3) is 0 Å². The third kappa shape index (κ3) is 9.99. The van der Waals surface area contributed by atoms with E-state index in [2.05, 4.69) is 38.3 Å². The molecule has 0 aliphatic carbocycles. The van der Waals surface area contributed by atoms with Gasteiger partial charge in [0.2, 0.25) is 0 Å². The zero-order chi connectivity index (χ0) is 17.9. The zero-order valence-electron chi connectivity index (χ0n) is 17.0. The van der Waals surface area contributed by atoms with E-state index < -0.39 is 0 Å². The van der Waals surface area contributed by atoms with Gasteiger partial charge in [-0.3, -0.25) is 4.99 Å². The van der Waals surface area contributed by atoms with Gasteiger partial charge in [0.25, 0.3) is 0 Å². The first kappa shape index (κ1) is 24.9. The van der Waals surface area contributed by atoms with Crippen LogP contribution in [0.5, 0.6) is 0 Å². The molecular weight excluding hydrogens is 429 g/mol. The maximum Gasteiger partial charge on any atom is 0.191 e. The Bertz CT molecular complexity index is 370. The fraction of sp³-hybridized carbons (Fsp3) is 0.947. The molecule has 5 nitrogen and oxygen atoms in total. The predicted molar refractivity (Wildman–Crippen MR) is 117 cm³/mol. The van der Waals surface area contributed by atoms with Gasteiger partial charge in [0, 0.05) is 52.8 Å². The average molecular weight is 469 g/mol. The Labute approximate surface area is 172 Å². The van der Waals surface area contributed by atoms with Crippen LogP contribution in [0.2, 0.25) is 0 Å². The van der Waals surface area contributed by atoms with Crippen molar-refractivity contribution in [3.8, 4) is 0 Å². The summed E-state index contributed by atoms with van der Waals surface area (Å²) in [6.07, 6.45) is 6.95. The minimum absolute atomic E-state index is 0. The van der Waals surface area contributed by atoms with Gasteiger partial charge in [0.05, 0.1) is 5.60 Å². The molecule has 0 aromatic carbocycles. The number of methoxy groups -OCH3 is 1. The van der Waals surface area contributed by atoms with Crippen molar-refractivity contribution >= 4 is 29.9 Å². The second-order valence-corrected chi connectivity index (χ2v) is 7.67. The van der Waals surface area contributed by atoms with Crippen molar-refractivity contribution in [3.05, 3.63) is 0 Å². The summed E-state index contributed by atoms with van der Waals surface area (Å²) >= 11 is 0. The predicted octanol–water partition coefficient (Wildman–Crippen LogP) is 3.96. The van der Waals surface area contributed by atoms with Crippen molar-refractivity contribution in [2.45, 2.75) is 71.8 Å². The number of rotatable bonds is 10. The number of aliphatic imine (C=N–C) groups is 1. The van der Waals surface area contributed by atoms with Crippen molar-refractivity contribution in [1.29, 1.82) is 0 Å². The Morgan fingerprint density at radius 3 is 2.40 bits per heavy atom. The minimum Gasteiger partial charge on any atom is -0.381 e. The molecule has 6 heteroatoms. The van der Waals surface area contributed by atoms with Crippen LogP contribution in [0.15, 0.2) is 4.99 Å². The van der Waals surface area contributed by atoms with E-state index in [-0.39, 0.29) is 35.0 Å². The van der Waals surface area contributed by atoms with Gasteiger partial charge < -0.3 is 20.1 Å². The lowest BCUT2D eigenvalue weighted by molar-refractivity contribution is -0.0855. The van der Waals surface area contributed by atoms with Gasteiger partial charge >= 0.3 is 0 Å². The first-order valence-electron chi connectivity index (χ1n) is 9.62. The highest BCUT2D eigenvalue weighted by molar-refractivity contribution is 14.0. The van der Waals surface area contributed by atoms with Gasteiger partial charge in [-0.15, -0.1) is 24.0 Å². The molecule has 0 atom stereocenters. The summed E-state index contributed by atoms with van der Waals surface area (Å²) in [6.45, 7) is 13.0. The van der Waals surface area contributed by atoms with E-state index in [4.69, 9.17) is 14.5 Å². The van der Waals surface area contributed by atoms with Gasteiger partial charge in [-0.05, 0) is 18.8 Å². The number of ether oxygens (including phenoxy) is 2. The molecule has 1 aliphatic heterocycles. The average Bonchev–Trinajstić information content (AvgIpc) is 2.58. The molecule has 1 rings (SSSR count). The van der Waals surface area contributed by atoms with Gasteiger partial charge in [-0.1, -0.05) is 40.0 Å². The van der Waals surface area contributed by atoms with Crippen molar-refractivity contribution < 1.29 is 9.47 Å². The lowest BCUT2D eigenvalue weighted by Gasteiger charge is -2.36. The number of hydrogen-bond donors (Lipinski definition) is 2. The summed E-state index contributed by atoms with van der Waals surface area (Å²) in [4.78, 5) is 4.82. The molecule has 2 N–H and O–H groups in total. The Morgan fingerprint density at radius 2 is 1.84 bits per heavy atom. The third-order valence-electron chi connectivity index (χ3n) is 4.88. The highest BCUT2D eigenvalue weighted by Crippen LogP contribution is 2.25. The number of nitrogens with zero attached hydrogens (tertiary/aromatic N) is 1. The molecule has 0 radical (unpaired) electrons. The number of nitrogens with one attached hydrogen (secondary N) is 2. The van der Waals surface area contributed by atoms with Crippen molar-refractivity contribution in [1.82, 2.24) is 10.6 Å². The number of halogens is 1. The highest BCUT2D eigenvalue weighted by Gasteiger charge is 2.32. The van der Waals surface area contributed by atoms with Crippen molar-refractivity contribution in [3.63, 3.8) is 0 Å². The summed E-state index contributed by atoms with van der Waals surface area (Å²) in [5, 5.41) is 6.84. The molecule has 1 aliphatic rings. The van der Waals surface area contributed by atoms with E-state index in [1.165, 1.54) is 25.7 Å². The number of unbranched alkanes of at least 4 members (excludes halogenated alkanes) is 2. The van der Waals surface area contributed by atoms with Crippen molar-refractivity contribution in [2.24, 2.45) is 10.4 Å². The SMILES string of the molecule is CCCCCC(C)(C)CN=C(NCC)NCC1(OC)CCOCC1.I. The number of hydrogen-bond acceptors (Lipinski definition) is 3. The monoisotopic (exact) mass is 469 g/mol. The first-order chi connectivity index (χ1) is 11.5. The smallest absolute Gasteiger partial charge is 0.191 e. The van der Waals surface area contributed by atoms with Gasteiger partial charge in [-0.25, -0.2) is 0 Å². The summed E-state index contributed by atoms with van der Waals surface area (Å²) in [5.74, 6) is 0.893. The molecule has 25 heavy (non-hydrogen) atoms. The molecule has 1 fully saturated rings. The van der Waals surface area contributed by atoms with E-state index in [0.717, 1.165) is 51.6 Å². The third-order valence-corrected chi connectivity index (χ3v) is 4.88. The van der Waals surface area contributed by atoms with Crippen molar-refractivity contribution in [2.75, 3.05) is 40.0 Å². The second-order valence-electron chi connectivity index (χ2n) is 7.67. The molecule has 0 saturated carbocycles. The van der Waals surface area contributed by atoms with Crippen LogP contribution in [0.1, 0.15) is 66.2 Å². The van der Waals surface area contributed by atoms with Gasteiger partial charge in [0.1, 0.15) is 0 Å². The van der Waals surface area contributed by atoms with E-state index in [1.807, 2.05) is 0 Å². The quantitative estimate of drug-likeness (QED) is 0.220. The van der Waals surface area contributed by atoms with E-state index in [1.54, 1.807) is 7.11 Å². The highest BCUT2D eigenvalue weighted by atomic mass is 127. The zero-order valence-corrected chi connectivity index (χ0v) is 19.3. The Balaban J connectivity index is 0.00000576. The lowest BCUT2D eigenvalue weighted by Crippen LogP contribution is -2.51. The van der Waals surface area contributed by atoms with E-state index in [0.29, 0.717) is 0 Å². The Morgan fingerprint density at radius 1 is 1.16 bits per heavy atom. The standard InChI is InChI=1S/C19H39N3O2.HI/c1-6-8-9-10-18(3,4)15-21-17(20-7-2)22-16-19(23-5)11-13-24-14-12-19;/h6-16H2,1-5H3,(H2,20,21,22);1H. The fourth-order valence-electron chi connectivity index (χ4n) is 3.01. The first-order valence-corrected chi connectivity index (χ1v) is 9.62. The molecule has 1 heterocycles. The normalized spacial score (nSPS) is 17.7. The fourth-order valence-corrected chi connectivity index (χ4v) is 3.01. The summed E-state index contributed by atoms with van der Waals surface area (Å²) in [6, 6.07) is 0. The molecule has 0 aromatic heterocycles. The van der Waals surface area contributed by atoms with Crippen LogP contribution in [0.4, 0.5) is 0 Å². The second kappa shape index (κ2) is 13.1. The van der Waals surface area contributed by atoms with E-state index in [9.17, 15) is 0 Å². The lowest BCUT2D eigenvalue weighted by atomic mass is 9.87. The molecule has 0 spiro atoms. The largest absolute Gasteiger partial charge is 0.381 e. The molecular formula is C19H40IN3O2. The molecule has 0 aromatic rings. The topological polar surface area (TPSA) is 54.9 Å². The maximum atomic E-state index is 5.79. The molecule has 0 amide bonds. The van der Waals surface area contributed by atoms with Crippen LogP contribution in [0.3, 0.4) is 0 Å². The molecule has 0 unspecified atom stereocenters. The van der Waals surface area contributed by atoms with Crippen LogP contribution in [-0.2, 0) is 9.47 Å². The van der Waals surface area contributed by atoms with Crippen LogP contribution < -0.4 is 10.6 Å². The Kier molecular flexibility index (Phi) is 13.1. The van der Waals surface area contributed by atoms with Gasteiger partial charge in [-0.2, -0.15) is 0 Å². The minimum atomic E-state index is -0.134. The van der Waals surface area contributed by atoms with Gasteiger partial charge in [0.15, 0.2) is 5.96 Å². The number of guanidine groups is 1. The molecule has 150 valence electrons. The van der Waals surface area contributed by atoms with Crippen LogP contribution in [-0.4, -0.2) is 51.5 Å². The summed E-state index contributed by atoms with van der Waals surface area (Å²) in [5.41, 5.74) is 0.111. The van der Waals surface area contributed by atoms with Crippen LogP contribution in [0, 0.1) is 5.41 Å². The Hall–Kier alpha value is -0.0800. The molecule has 0 bridgehead atoms. The molecule has 1 saturated heterocycles. The van der Waals surface area contributed by atoms with E-state index >= 15 is 0 Å².